The molecule has 0 spiro atoms. The number of amides is 1. The van der Waals surface area contributed by atoms with Crippen molar-refractivity contribution >= 4 is 5.91 Å². The van der Waals surface area contributed by atoms with Gasteiger partial charge in [-0.05, 0) is 32.4 Å². The number of nitrogens with zero attached hydrogens (tertiary/aromatic N) is 4. The van der Waals surface area contributed by atoms with E-state index in [-0.39, 0.29) is 11.9 Å². The van der Waals surface area contributed by atoms with Crippen molar-refractivity contribution < 1.29 is 9.18 Å². The molecule has 1 aliphatic heterocycles. The average molecular weight is 321 g/mol. The summed E-state index contributed by atoms with van der Waals surface area (Å²) in [5.41, 5.74) is 0. The Balaban J connectivity index is 1.50. The number of halogens is 1. The highest BCUT2D eigenvalue weighted by Crippen LogP contribution is 2.22. The molecule has 1 N–H and O–H groups in total. The van der Waals surface area contributed by atoms with Gasteiger partial charge in [-0.3, -0.25) is 14.6 Å². The molecular formula is C16H24FN5O. The third-order valence-electron chi connectivity index (χ3n) is 4.32. The van der Waals surface area contributed by atoms with Gasteiger partial charge in [0.1, 0.15) is 12.0 Å². The van der Waals surface area contributed by atoms with Gasteiger partial charge >= 0.3 is 0 Å². The van der Waals surface area contributed by atoms with Crippen molar-refractivity contribution in [2.24, 2.45) is 0 Å². The Bertz CT molecular complexity index is 524. The zero-order valence-electron chi connectivity index (χ0n) is 13.5. The van der Waals surface area contributed by atoms with E-state index in [1.807, 2.05) is 11.9 Å². The second kappa shape index (κ2) is 7.31. The molecule has 1 aromatic rings. The van der Waals surface area contributed by atoms with E-state index in [0.717, 1.165) is 12.8 Å². The number of alkyl halides is 1. The van der Waals surface area contributed by atoms with Crippen LogP contribution in [0.4, 0.5) is 4.39 Å². The van der Waals surface area contributed by atoms with Gasteiger partial charge in [-0.15, -0.1) is 0 Å². The molecule has 0 unspecified atom stereocenters. The Morgan fingerprint density at radius 1 is 1.43 bits per heavy atom. The Morgan fingerprint density at radius 2 is 2.17 bits per heavy atom. The fourth-order valence-electron chi connectivity index (χ4n) is 3.07. The number of carbonyl (C=O) groups is 1. The van der Waals surface area contributed by atoms with E-state index in [4.69, 9.17) is 0 Å². The highest BCUT2D eigenvalue weighted by molar-refractivity contribution is 5.78. The highest BCUT2D eigenvalue weighted by Gasteiger charge is 2.33. The minimum atomic E-state index is -0.822. The molecule has 7 heteroatoms. The van der Waals surface area contributed by atoms with E-state index in [1.165, 1.54) is 0 Å². The van der Waals surface area contributed by atoms with Gasteiger partial charge in [-0.25, -0.2) is 14.4 Å². The van der Waals surface area contributed by atoms with Crippen LogP contribution in [0.2, 0.25) is 0 Å². The van der Waals surface area contributed by atoms with Gasteiger partial charge in [0.25, 0.3) is 0 Å². The predicted molar refractivity (Wildman–Crippen MR) is 84.4 cm³/mol. The summed E-state index contributed by atoms with van der Waals surface area (Å²) < 4.78 is 13.8. The van der Waals surface area contributed by atoms with Gasteiger partial charge in [-0.2, -0.15) is 0 Å². The maximum absolute atomic E-state index is 13.8. The van der Waals surface area contributed by atoms with Gasteiger partial charge in [0, 0.05) is 37.6 Å². The minimum absolute atomic E-state index is 0.0581. The molecule has 1 aromatic heterocycles. The number of carbonyl (C=O) groups excluding carboxylic acids is 1. The summed E-state index contributed by atoms with van der Waals surface area (Å²) in [4.78, 5) is 24.3. The Kier molecular flexibility index (Phi) is 5.17. The molecule has 2 fully saturated rings. The monoisotopic (exact) mass is 321 g/mol. The van der Waals surface area contributed by atoms with E-state index < -0.39 is 6.17 Å². The number of rotatable bonds is 7. The van der Waals surface area contributed by atoms with Gasteiger partial charge in [0.05, 0.1) is 13.1 Å². The van der Waals surface area contributed by atoms with Gasteiger partial charge in [-0.1, -0.05) is 0 Å². The quantitative estimate of drug-likeness (QED) is 0.797. The normalized spacial score (nSPS) is 25.0. The lowest BCUT2D eigenvalue weighted by Crippen LogP contribution is -2.43. The fraction of sp³-hybridized carbons (Fsp3) is 0.688. The van der Waals surface area contributed by atoms with Crippen molar-refractivity contribution in [2.45, 2.75) is 44.1 Å². The van der Waals surface area contributed by atoms with E-state index in [1.54, 1.807) is 18.5 Å². The molecule has 2 aliphatic rings. The van der Waals surface area contributed by atoms with Gasteiger partial charge in [0.2, 0.25) is 5.91 Å². The third kappa shape index (κ3) is 4.94. The van der Waals surface area contributed by atoms with Crippen molar-refractivity contribution in [1.29, 1.82) is 0 Å². The maximum atomic E-state index is 13.8. The highest BCUT2D eigenvalue weighted by atomic mass is 19.1. The molecule has 1 saturated carbocycles. The number of likely N-dealkylation sites (N-methyl/N-ethyl adjacent to an activating group) is 1. The SMILES string of the molecule is CN(CC(=O)NC1CC1)C[C@@H]1C[C@H](F)CN1Cc1ncccn1. The summed E-state index contributed by atoms with van der Waals surface area (Å²) >= 11 is 0. The molecule has 0 aromatic carbocycles. The second-order valence-electron chi connectivity index (χ2n) is 6.62. The molecule has 23 heavy (non-hydrogen) atoms. The van der Waals surface area contributed by atoms with Crippen LogP contribution in [0.1, 0.15) is 25.1 Å². The Labute approximate surface area is 136 Å². The first kappa shape index (κ1) is 16.3. The van der Waals surface area contributed by atoms with Crippen LogP contribution < -0.4 is 5.32 Å². The van der Waals surface area contributed by atoms with Crippen LogP contribution in [-0.4, -0.2) is 70.6 Å². The number of nitrogens with one attached hydrogen (secondary N) is 1. The zero-order chi connectivity index (χ0) is 16.2. The van der Waals surface area contributed by atoms with E-state index in [2.05, 4.69) is 20.2 Å². The summed E-state index contributed by atoms with van der Waals surface area (Å²) in [7, 11) is 1.91. The molecule has 1 amide bonds. The molecule has 126 valence electrons. The second-order valence-corrected chi connectivity index (χ2v) is 6.62. The van der Waals surface area contributed by atoms with Gasteiger partial charge < -0.3 is 5.32 Å². The smallest absolute Gasteiger partial charge is 0.234 e. The topological polar surface area (TPSA) is 61.4 Å². The first-order valence-corrected chi connectivity index (χ1v) is 8.22. The predicted octanol–water partition coefficient (Wildman–Crippen LogP) is 0.599. The Morgan fingerprint density at radius 3 is 2.87 bits per heavy atom. The van der Waals surface area contributed by atoms with Crippen LogP contribution in [0.15, 0.2) is 18.5 Å². The van der Waals surface area contributed by atoms with Crippen molar-refractivity contribution in [3.05, 3.63) is 24.3 Å². The fourth-order valence-corrected chi connectivity index (χ4v) is 3.07. The lowest BCUT2D eigenvalue weighted by Gasteiger charge is -2.27. The first-order chi connectivity index (χ1) is 11.1. The molecule has 3 rings (SSSR count). The molecule has 2 heterocycles. The Hall–Kier alpha value is -1.60. The molecule has 1 aliphatic carbocycles. The zero-order valence-corrected chi connectivity index (χ0v) is 13.5. The van der Waals surface area contributed by atoms with Gasteiger partial charge in [0.15, 0.2) is 0 Å². The minimum Gasteiger partial charge on any atom is -0.352 e. The summed E-state index contributed by atoms with van der Waals surface area (Å²) in [5.74, 6) is 0.767. The molecule has 0 radical (unpaired) electrons. The van der Waals surface area contributed by atoms with Crippen LogP contribution in [-0.2, 0) is 11.3 Å². The number of aromatic nitrogens is 2. The lowest BCUT2D eigenvalue weighted by atomic mass is 10.2. The summed E-state index contributed by atoms with van der Waals surface area (Å²) in [6.45, 7) is 1.99. The van der Waals surface area contributed by atoms with E-state index >= 15 is 0 Å². The van der Waals surface area contributed by atoms with Crippen molar-refractivity contribution in [2.75, 3.05) is 26.7 Å². The van der Waals surface area contributed by atoms with Crippen LogP contribution in [0.3, 0.4) is 0 Å². The van der Waals surface area contributed by atoms with Crippen LogP contribution in [0.5, 0.6) is 0 Å². The maximum Gasteiger partial charge on any atom is 0.234 e. The average Bonchev–Trinajstić information content (AvgIpc) is 3.24. The number of hydrogen-bond acceptors (Lipinski definition) is 5. The summed E-state index contributed by atoms with van der Waals surface area (Å²) in [5, 5.41) is 2.98. The first-order valence-electron chi connectivity index (χ1n) is 8.22. The molecule has 6 nitrogen and oxygen atoms in total. The molecule has 2 atom stereocenters. The van der Waals surface area contributed by atoms with E-state index in [0.29, 0.717) is 44.5 Å². The molecule has 1 saturated heterocycles. The number of hydrogen-bond donors (Lipinski definition) is 1. The lowest BCUT2D eigenvalue weighted by molar-refractivity contribution is -0.122. The molecule has 0 bridgehead atoms. The standard InChI is InChI=1S/C16H24FN5O/c1-21(11-16(23)20-13-3-4-13)9-14-7-12(17)8-22(14)10-15-18-5-2-6-19-15/h2,5-6,12-14H,3-4,7-11H2,1H3,(H,20,23)/t12-,14-/m0/s1. The van der Waals surface area contributed by atoms with Crippen LogP contribution in [0, 0.1) is 0 Å². The summed E-state index contributed by atoms with van der Waals surface area (Å²) in [6.07, 6.45) is 5.27. The van der Waals surface area contributed by atoms with E-state index in [9.17, 15) is 9.18 Å². The van der Waals surface area contributed by atoms with Crippen LogP contribution in [0.25, 0.3) is 0 Å². The third-order valence-corrected chi connectivity index (χ3v) is 4.32. The van der Waals surface area contributed by atoms with Crippen molar-refractivity contribution in [1.82, 2.24) is 25.1 Å². The number of likely N-dealkylation sites (tertiary alicyclic amines) is 1. The largest absolute Gasteiger partial charge is 0.352 e. The summed E-state index contributed by atoms with van der Waals surface area (Å²) in [6, 6.07) is 2.24. The van der Waals surface area contributed by atoms with Crippen LogP contribution >= 0.6 is 0 Å². The van der Waals surface area contributed by atoms with Crippen molar-refractivity contribution in [3.8, 4) is 0 Å². The van der Waals surface area contributed by atoms with Crippen molar-refractivity contribution in [3.63, 3.8) is 0 Å². The molecular weight excluding hydrogens is 297 g/mol.